The minimum atomic E-state index is 0.392. The highest BCUT2D eigenvalue weighted by molar-refractivity contribution is 5.88. The predicted octanol–water partition coefficient (Wildman–Crippen LogP) is 4.50. The summed E-state index contributed by atoms with van der Waals surface area (Å²) in [4.78, 5) is 4.44. The average Bonchev–Trinajstić information content (AvgIpc) is 2.80. The number of nitrogens with zero attached hydrogens (tertiary/aromatic N) is 1. The van der Waals surface area contributed by atoms with E-state index in [0.29, 0.717) is 6.04 Å². The lowest BCUT2D eigenvalue weighted by Gasteiger charge is -2.04. The van der Waals surface area contributed by atoms with Gasteiger partial charge in [0, 0.05) is 0 Å². The summed E-state index contributed by atoms with van der Waals surface area (Å²) >= 11 is 0. The molecule has 2 heteroatoms. The zero-order valence-electron chi connectivity index (χ0n) is 11.3. The first kappa shape index (κ1) is 14.3. The van der Waals surface area contributed by atoms with Crippen molar-refractivity contribution < 1.29 is 4.74 Å². The summed E-state index contributed by atoms with van der Waals surface area (Å²) in [6.07, 6.45) is 13.9. The summed E-state index contributed by atoms with van der Waals surface area (Å²) in [5.74, 6) is 0.731. The summed E-state index contributed by atoms with van der Waals surface area (Å²) in [5, 5.41) is 0. The van der Waals surface area contributed by atoms with E-state index in [4.69, 9.17) is 4.74 Å². The van der Waals surface area contributed by atoms with Crippen molar-refractivity contribution in [3.63, 3.8) is 0 Å². The lowest BCUT2D eigenvalue weighted by molar-refractivity contribution is 0.310. The highest BCUT2D eigenvalue weighted by atomic mass is 16.5. The second kappa shape index (κ2) is 9.26. The monoisotopic (exact) mass is 237 g/mol. The van der Waals surface area contributed by atoms with Crippen LogP contribution in [0.5, 0.6) is 0 Å². The van der Waals surface area contributed by atoms with Gasteiger partial charge in [-0.05, 0) is 12.5 Å². The van der Waals surface area contributed by atoms with Crippen LogP contribution in [0.15, 0.2) is 17.6 Å². The van der Waals surface area contributed by atoms with Crippen molar-refractivity contribution in [2.45, 2.75) is 70.8 Å². The van der Waals surface area contributed by atoms with Crippen molar-refractivity contribution >= 4 is 5.90 Å². The van der Waals surface area contributed by atoms with Gasteiger partial charge in [0.05, 0.1) is 6.04 Å². The van der Waals surface area contributed by atoms with Crippen molar-refractivity contribution in [1.82, 2.24) is 0 Å². The Morgan fingerprint density at radius 3 is 2.41 bits per heavy atom. The SMILES string of the molecule is C=CC1=NC(CCCCCCCCCC)CO1. The lowest BCUT2D eigenvalue weighted by atomic mass is 10.1. The van der Waals surface area contributed by atoms with Gasteiger partial charge in [0.2, 0.25) is 5.90 Å². The van der Waals surface area contributed by atoms with Crippen molar-refractivity contribution in [3.05, 3.63) is 12.7 Å². The van der Waals surface area contributed by atoms with E-state index < -0.39 is 0 Å². The van der Waals surface area contributed by atoms with Crippen LogP contribution >= 0.6 is 0 Å². The van der Waals surface area contributed by atoms with Crippen molar-refractivity contribution in [3.8, 4) is 0 Å². The number of aliphatic imine (C=N–C) groups is 1. The molecule has 0 N–H and O–H groups in total. The summed E-state index contributed by atoms with van der Waals surface area (Å²) in [7, 11) is 0. The molecule has 1 rings (SSSR count). The number of unbranched alkanes of at least 4 members (excludes halogenated alkanes) is 7. The molecule has 0 saturated carbocycles. The minimum Gasteiger partial charge on any atom is -0.476 e. The molecule has 0 aromatic carbocycles. The molecule has 1 aliphatic rings. The van der Waals surface area contributed by atoms with Gasteiger partial charge in [0.25, 0.3) is 0 Å². The van der Waals surface area contributed by atoms with Crippen LogP contribution in [0.1, 0.15) is 64.7 Å². The van der Waals surface area contributed by atoms with E-state index in [2.05, 4.69) is 18.5 Å². The van der Waals surface area contributed by atoms with E-state index in [1.54, 1.807) is 6.08 Å². The van der Waals surface area contributed by atoms with E-state index in [0.717, 1.165) is 12.5 Å². The molecule has 1 atom stereocenters. The third-order valence-electron chi connectivity index (χ3n) is 3.30. The molecule has 0 bridgehead atoms. The van der Waals surface area contributed by atoms with Crippen LogP contribution in [0.3, 0.4) is 0 Å². The van der Waals surface area contributed by atoms with Crippen molar-refractivity contribution in [2.75, 3.05) is 6.61 Å². The van der Waals surface area contributed by atoms with E-state index in [1.807, 2.05) is 0 Å². The largest absolute Gasteiger partial charge is 0.476 e. The van der Waals surface area contributed by atoms with Gasteiger partial charge in [-0.3, -0.25) is 0 Å². The molecule has 1 aliphatic heterocycles. The van der Waals surface area contributed by atoms with E-state index in [9.17, 15) is 0 Å². The van der Waals surface area contributed by atoms with Gasteiger partial charge in [-0.1, -0.05) is 64.9 Å². The fourth-order valence-corrected chi connectivity index (χ4v) is 2.21. The zero-order chi connectivity index (χ0) is 12.3. The molecular formula is C15H27NO. The summed E-state index contributed by atoms with van der Waals surface area (Å²) in [6, 6.07) is 0.392. The molecule has 0 aliphatic carbocycles. The minimum absolute atomic E-state index is 0.392. The standard InChI is InChI=1S/C15H27NO/c1-3-5-6-7-8-9-10-11-12-14-13-17-15(4-2)16-14/h4,14H,2-3,5-13H2,1H3. The molecule has 0 spiro atoms. The topological polar surface area (TPSA) is 21.6 Å². The van der Waals surface area contributed by atoms with Gasteiger partial charge in [-0.15, -0.1) is 0 Å². The Kier molecular flexibility index (Phi) is 7.78. The molecule has 0 aromatic heterocycles. The van der Waals surface area contributed by atoms with E-state index >= 15 is 0 Å². The molecule has 17 heavy (non-hydrogen) atoms. The molecule has 0 saturated heterocycles. The number of hydrogen-bond acceptors (Lipinski definition) is 2. The van der Waals surface area contributed by atoms with Gasteiger partial charge >= 0.3 is 0 Å². The van der Waals surface area contributed by atoms with E-state index in [1.165, 1.54) is 57.8 Å². The number of ether oxygens (including phenoxy) is 1. The summed E-state index contributed by atoms with van der Waals surface area (Å²) in [6.45, 7) is 6.69. The van der Waals surface area contributed by atoms with Crippen LogP contribution in [0.25, 0.3) is 0 Å². The van der Waals surface area contributed by atoms with Crippen LogP contribution < -0.4 is 0 Å². The molecular weight excluding hydrogens is 210 g/mol. The van der Waals surface area contributed by atoms with Crippen LogP contribution in [0.2, 0.25) is 0 Å². The Morgan fingerprint density at radius 2 is 1.82 bits per heavy atom. The highest BCUT2D eigenvalue weighted by Gasteiger charge is 2.15. The average molecular weight is 237 g/mol. The molecule has 0 radical (unpaired) electrons. The van der Waals surface area contributed by atoms with Crippen LogP contribution in [0.4, 0.5) is 0 Å². The van der Waals surface area contributed by atoms with Gasteiger partial charge in [-0.2, -0.15) is 0 Å². The zero-order valence-corrected chi connectivity index (χ0v) is 11.3. The number of rotatable bonds is 10. The Hall–Kier alpha value is -0.790. The van der Waals surface area contributed by atoms with E-state index in [-0.39, 0.29) is 0 Å². The summed E-state index contributed by atoms with van der Waals surface area (Å²) < 4.78 is 5.37. The maximum atomic E-state index is 5.37. The molecule has 0 aromatic rings. The molecule has 1 heterocycles. The molecule has 0 amide bonds. The molecule has 2 nitrogen and oxygen atoms in total. The van der Waals surface area contributed by atoms with Crippen LogP contribution in [0, 0.1) is 0 Å². The Labute approximate surface area is 106 Å². The Morgan fingerprint density at radius 1 is 1.18 bits per heavy atom. The quantitative estimate of drug-likeness (QED) is 0.513. The first-order chi connectivity index (χ1) is 8.36. The van der Waals surface area contributed by atoms with Crippen molar-refractivity contribution in [2.24, 2.45) is 4.99 Å². The smallest absolute Gasteiger partial charge is 0.208 e. The first-order valence-corrected chi connectivity index (χ1v) is 7.20. The Balaban J connectivity index is 1.88. The fourth-order valence-electron chi connectivity index (χ4n) is 2.21. The van der Waals surface area contributed by atoms with Crippen LogP contribution in [-0.4, -0.2) is 18.5 Å². The van der Waals surface area contributed by atoms with Gasteiger partial charge in [-0.25, -0.2) is 4.99 Å². The fraction of sp³-hybridized carbons (Fsp3) is 0.800. The maximum absolute atomic E-state index is 5.37. The predicted molar refractivity (Wildman–Crippen MR) is 74.6 cm³/mol. The Bertz CT molecular complexity index is 235. The van der Waals surface area contributed by atoms with Crippen LogP contribution in [-0.2, 0) is 4.74 Å². The van der Waals surface area contributed by atoms with Gasteiger partial charge < -0.3 is 4.74 Å². The second-order valence-corrected chi connectivity index (χ2v) is 4.90. The van der Waals surface area contributed by atoms with Gasteiger partial charge in [0.1, 0.15) is 6.61 Å². The van der Waals surface area contributed by atoms with Gasteiger partial charge in [0.15, 0.2) is 0 Å². The third-order valence-corrected chi connectivity index (χ3v) is 3.30. The number of hydrogen-bond donors (Lipinski definition) is 0. The molecule has 98 valence electrons. The first-order valence-electron chi connectivity index (χ1n) is 7.20. The molecule has 1 unspecified atom stereocenters. The third kappa shape index (κ3) is 6.50. The summed E-state index contributed by atoms with van der Waals surface area (Å²) in [5.41, 5.74) is 0. The normalized spacial score (nSPS) is 18.9. The van der Waals surface area contributed by atoms with Crippen molar-refractivity contribution in [1.29, 1.82) is 0 Å². The highest BCUT2D eigenvalue weighted by Crippen LogP contribution is 2.15. The molecule has 0 fully saturated rings. The lowest BCUT2D eigenvalue weighted by Crippen LogP contribution is -2.05. The maximum Gasteiger partial charge on any atom is 0.208 e. The second-order valence-electron chi connectivity index (χ2n) is 4.90.